The number of nitrogens with one attached hydrogen (secondary N) is 1. The monoisotopic (exact) mass is 212 g/mol. The second-order valence-electron chi connectivity index (χ2n) is 5.79. The van der Waals surface area contributed by atoms with E-state index < -0.39 is 0 Å². The Morgan fingerprint density at radius 3 is 2.20 bits per heavy atom. The maximum Gasteiger partial charge on any atom is 0.0218 e. The molecule has 0 saturated carbocycles. The van der Waals surface area contributed by atoms with Crippen LogP contribution in [0.4, 0.5) is 0 Å². The van der Waals surface area contributed by atoms with Crippen molar-refractivity contribution in [1.82, 2.24) is 10.2 Å². The summed E-state index contributed by atoms with van der Waals surface area (Å²) in [5.74, 6) is 0. The predicted molar refractivity (Wildman–Crippen MR) is 67.2 cm³/mol. The van der Waals surface area contributed by atoms with E-state index in [-0.39, 0.29) is 0 Å². The van der Waals surface area contributed by atoms with Crippen molar-refractivity contribution in [3.63, 3.8) is 0 Å². The summed E-state index contributed by atoms with van der Waals surface area (Å²) in [6, 6.07) is 1.28. The van der Waals surface area contributed by atoms with Gasteiger partial charge in [-0.1, -0.05) is 20.8 Å². The Morgan fingerprint density at radius 2 is 1.73 bits per heavy atom. The molecule has 1 fully saturated rings. The van der Waals surface area contributed by atoms with Gasteiger partial charge in [0.25, 0.3) is 0 Å². The third-order valence-electron chi connectivity index (χ3n) is 3.98. The van der Waals surface area contributed by atoms with Crippen molar-refractivity contribution < 1.29 is 0 Å². The fraction of sp³-hybridized carbons (Fsp3) is 1.00. The number of hydrogen-bond acceptors (Lipinski definition) is 2. The van der Waals surface area contributed by atoms with E-state index in [4.69, 9.17) is 0 Å². The number of rotatable bonds is 4. The molecule has 0 bridgehead atoms. The van der Waals surface area contributed by atoms with Gasteiger partial charge in [-0.15, -0.1) is 0 Å². The molecule has 0 aliphatic carbocycles. The number of nitrogens with zero attached hydrogens (tertiary/aromatic N) is 1. The Hall–Kier alpha value is -0.0800. The van der Waals surface area contributed by atoms with Crippen molar-refractivity contribution in [1.29, 1.82) is 0 Å². The normalized spacial score (nSPS) is 26.2. The lowest BCUT2D eigenvalue weighted by atomic mass is 9.82. The summed E-state index contributed by atoms with van der Waals surface area (Å²) in [6.07, 6.45) is 2.69. The molecule has 1 N–H and O–H groups in total. The molecule has 0 aromatic heterocycles. The molecule has 90 valence electrons. The second kappa shape index (κ2) is 5.31. The van der Waals surface area contributed by atoms with Gasteiger partial charge in [0.1, 0.15) is 0 Å². The summed E-state index contributed by atoms with van der Waals surface area (Å²) in [7, 11) is 0. The summed E-state index contributed by atoms with van der Waals surface area (Å²) in [5, 5.41) is 3.52. The van der Waals surface area contributed by atoms with Gasteiger partial charge in [0, 0.05) is 12.1 Å². The van der Waals surface area contributed by atoms with Gasteiger partial charge in [0.05, 0.1) is 0 Å². The molecule has 1 saturated heterocycles. The molecular weight excluding hydrogens is 184 g/mol. The van der Waals surface area contributed by atoms with Gasteiger partial charge < -0.3 is 5.32 Å². The first-order chi connectivity index (χ1) is 6.96. The fourth-order valence-electron chi connectivity index (χ4n) is 2.35. The van der Waals surface area contributed by atoms with Gasteiger partial charge >= 0.3 is 0 Å². The second-order valence-corrected chi connectivity index (χ2v) is 5.79. The molecular formula is C13H28N2. The molecule has 2 atom stereocenters. The Bertz CT molecular complexity index is 179. The largest absolute Gasteiger partial charge is 0.313 e. The van der Waals surface area contributed by atoms with Crippen LogP contribution in [0.15, 0.2) is 0 Å². The van der Waals surface area contributed by atoms with Gasteiger partial charge in [-0.2, -0.15) is 0 Å². The fourth-order valence-corrected chi connectivity index (χ4v) is 2.35. The summed E-state index contributed by atoms with van der Waals surface area (Å²) in [4.78, 5) is 2.64. The van der Waals surface area contributed by atoms with Crippen LogP contribution in [0, 0.1) is 5.41 Å². The SMILES string of the molecule is CCNC(C)C(C)N1CCC(C)(C)CC1. The molecule has 2 nitrogen and oxygen atoms in total. The Labute approximate surface area is 95.4 Å². The maximum atomic E-state index is 3.52. The highest BCUT2D eigenvalue weighted by atomic mass is 15.2. The lowest BCUT2D eigenvalue weighted by Crippen LogP contribution is -2.50. The molecule has 2 heteroatoms. The van der Waals surface area contributed by atoms with E-state index in [2.05, 4.69) is 44.8 Å². The van der Waals surface area contributed by atoms with Crippen molar-refractivity contribution in [2.45, 2.75) is 59.5 Å². The van der Waals surface area contributed by atoms with Gasteiger partial charge in [0.2, 0.25) is 0 Å². The summed E-state index contributed by atoms with van der Waals surface area (Å²) in [6.45, 7) is 15.2. The standard InChI is InChI=1S/C13H28N2/c1-6-14-11(2)12(3)15-9-7-13(4,5)8-10-15/h11-12,14H,6-10H2,1-5H3. The van der Waals surface area contributed by atoms with Crippen molar-refractivity contribution in [2.75, 3.05) is 19.6 Å². The average Bonchev–Trinajstić information content (AvgIpc) is 2.17. The summed E-state index contributed by atoms with van der Waals surface area (Å²) < 4.78 is 0. The molecule has 1 rings (SSSR count). The van der Waals surface area contributed by atoms with E-state index in [1.807, 2.05) is 0 Å². The first-order valence-corrected chi connectivity index (χ1v) is 6.44. The van der Waals surface area contributed by atoms with Crippen LogP contribution in [0.2, 0.25) is 0 Å². The van der Waals surface area contributed by atoms with Crippen LogP contribution in [0.1, 0.15) is 47.5 Å². The topological polar surface area (TPSA) is 15.3 Å². The minimum Gasteiger partial charge on any atom is -0.313 e. The van der Waals surface area contributed by atoms with Gasteiger partial charge in [-0.3, -0.25) is 4.90 Å². The molecule has 0 aromatic rings. The van der Waals surface area contributed by atoms with Crippen LogP contribution in [0.25, 0.3) is 0 Å². The van der Waals surface area contributed by atoms with Gasteiger partial charge in [-0.05, 0) is 51.7 Å². The Balaban J connectivity index is 2.39. The van der Waals surface area contributed by atoms with Crippen LogP contribution >= 0.6 is 0 Å². The smallest absolute Gasteiger partial charge is 0.0218 e. The minimum atomic E-state index is 0.567. The highest BCUT2D eigenvalue weighted by Crippen LogP contribution is 2.30. The molecule has 0 radical (unpaired) electrons. The lowest BCUT2D eigenvalue weighted by molar-refractivity contribution is 0.0864. The molecule has 0 spiro atoms. The van der Waals surface area contributed by atoms with E-state index in [0.29, 0.717) is 17.5 Å². The molecule has 0 amide bonds. The van der Waals surface area contributed by atoms with E-state index in [1.165, 1.54) is 25.9 Å². The zero-order chi connectivity index (χ0) is 11.5. The van der Waals surface area contributed by atoms with E-state index in [0.717, 1.165) is 6.54 Å². The predicted octanol–water partition coefficient (Wildman–Crippen LogP) is 2.49. The summed E-state index contributed by atoms with van der Waals surface area (Å²) in [5.41, 5.74) is 0.567. The van der Waals surface area contributed by atoms with Crippen LogP contribution in [-0.4, -0.2) is 36.6 Å². The highest BCUT2D eigenvalue weighted by molar-refractivity contribution is 4.84. The van der Waals surface area contributed by atoms with Crippen molar-refractivity contribution in [3.05, 3.63) is 0 Å². The Morgan fingerprint density at radius 1 is 1.20 bits per heavy atom. The zero-order valence-corrected chi connectivity index (χ0v) is 11.1. The maximum absolute atomic E-state index is 3.52. The van der Waals surface area contributed by atoms with Crippen molar-refractivity contribution in [2.24, 2.45) is 5.41 Å². The van der Waals surface area contributed by atoms with E-state index in [9.17, 15) is 0 Å². The number of piperidine rings is 1. The van der Waals surface area contributed by atoms with E-state index >= 15 is 0 Å². The molecule has 1 heterocycles. The minimum absolute atomic E-state index is 0.567. The average molecular weight is 212 g/mol. The lowest BCUT2D eigenvalue weighted by Gasteiger charge is -2.41. The molecule has 2 unspecified atom stereocenters. The third kappa shape index (κ3) is 3.76. The molecule has 0 aromatic carbocycles. The third-order valence-corrected chi connectivity index (χ3v) is 3.98. The van der Waals surface area contributed by atoms with E-state index in [1.54, 1.807) is 0 Å². The quantitative estimate of drug-likeness (QED) is 0.770. The zero-order valence-electron chi connectivity index (χ0n) is 11.1. The summed E-state index contributed by atoms with van der Waals surface area (Å²) >= 11 is 0. The van der Waals surface area contributed by atoms with Crippen LogP contribution < -0.4 is 5.32 Å². The van der Waals surface area contributed by atoms with Crippen LogP contribution in [0.5, 0.6) is 0 Å². The first-order valence-electron chi connectivity index (χ1n) is 6.44. The van der Waals surface area contributed by atoms with Crippen LogP contribution in [-0.2, 0) is 0 Å². The number of likely N-dealkylation sites (N-methyl/N-ethyl adjacent to an activating group) is 1. The number of hydrogen-bond donors (Lipinski definition) is 1. The molecule has 15 heavy (non-hydrogen) atoms. The molecule has 1 aliphatic heterocycles. The highest BCUT2D eigenvalue weighted by Gasteiger charge is 2.29. The van der Waals surface area contributed by atoms with Crippen molar-refractivity contribution >= 4 is 0 Å². The first kappa shape index (κ1) is 13.0. The number of likely N-dealkylation sites (tertiary alicyclic amines) is 1. The Kier molecular flexibility index (Phi) is 4.60. The van der Waals surface area contributed by atoms with Gasteiger partial charge in [-0.25, -0.2) is 0 Å². The molecule has 1 aliphatic rings. The van der Waals surface area contributed by atoms with Crippen LogP contribution in [0.3, 0.4) is 0 Å². The van der Waals surface area contributed by atoms with Crippen molar-refractivity contribution in [3.8, 4) is 0 Å². The van der Waals surface area contributed by atoms with Gasteiger partial charge in [0.15, 0.2) is 0 Å².